The van der Waals surface area contributed by atoms with Gasteiger partial charge >= 0.3 is 12.4 Å². The standard InChI is InChI=1S/C25H24F6N4O2/c1-32-22(36)14-34-6-7-35(19(13-34)10-16-12-33-21-5-3-2-4-20(16)21)23(37)15-8-17(24(26,27)28)11-18(9-15)25(29,30)31/h2-5,8-9,11-12,19,33H,6-7,10,13-14H2,1H3,(H,32,36). The smallest absolute Gasteiger partial charge is 0.361 e. The first kappa shape index (κ1) is 26.5. The number of fused-ring (bicyclic) bond motifs is 1. The average Bonchev–Trinajstić information content (AvgIpc) is 3.25. The van der Waals surface area contributed by atoms with E-state index in [1.807, 2.05) is 24.3 Å². The first-order chi connectivity index (χ1) is 17.4. The first-order valence-corrected chi connectivity index (χ1v) is 11.4. The van der Waals surface area contributed by atoms with Crippen LogP contribution in [-0.4, -0.2) is 65.9 Å². The lowest BCUT2D eigenvalue weighted by Crippen LogP contribution is -2.57. The van der Waals surface area contributed by atoms with Crippen LogP contribution in [0.5, 0.6) is 0 Å². The lowest BCUT2D eigenvalue weighted by atomic mass is 9.98. The second kappa shape index (κ2) is 10.1. The molecule has 0 aliphatic carbocycles. The zero-order valence-corrected chi connectivity index (χ0v) is 19.7. The molecule has 198 valence electrons. The monoisotopic (exact) mass is 526 g/mol. The number of halogens is 6. The summed E-state index contributed by atoms with van der Waals surface area (Å²) in [4.78, 5) is 31.6. The molecule has 1 atom stereocenters. The Hall–Kier alpha value is -3.54. The molecule has 0 spiro atoms. The fourth-order valence-electron chi connectivity index (χ4n) is 4.59. The predicted molar refractivity (Wildman–Crippen MR) is 124 cm³/mol. The van der Waals surface area contributed by atoms with Gasteiger partial charge in [0.25, 0.3) is 5.91 Å². The summed E-state index contributed by atoms with van der Waals surface area (Å²) in [5.74, 6) is -1.18. The molecule has 1 aromatic heterocycles. The maximum Gasteiger partial charge on any atom is 0.416 e. The quantitative estimate of drug-likeness (QED) is 0.487. The van der Waals surface area contributed by atoms with Crippen molar-refractivity contribution in [2.24, 2.45) is 0 Å². The van der Waals surface area contributed by atoms with E-state index >= 15 is 0 Å². The van der Waals surface area contributed by atoms with Crippen LogP contribution >= 0.6 is 0 Å². The maximum atomic E-state index is 13.4. The van der Waals surface area contributed by atoms with Crippen LogP contribution in [0.1, 0.15) is 27.0 Å². The highest BCUT2D eigenvalue weighted by Crippen LogP contribution is 2.37. The number of para-hydroxylation sites is 1. The van der Waals surface area contributed by atoms with Crippen molar-refractivity contribution in [1.29, 1.82) is 0 Å². The molecule has 4 rings (SSSR count). The Balaban J connectivity index is 1.70. The molecular weight excluding hydrogens is 502 g/mol. The van der Waals surface area contributed by atoms with E-state index in [0.29, 0.717) is 12.1 Å². The van der Waals surface area contributed by atoms with Gasteiger partial charge in [-0.1, -0.05) is 18.2 Å². The van der Waals surface area contributed by atoms with Crippen molar-refractivity contribution in [3.8, 4) is 0 Å². The lowest BCUT2D eigenvalue weighted by Gasteiger charge is -2.41. The molecule has 12 heteroatoms. The minimum atomic E-state index is -5.06. The summed E-state index contributed by atoms with van der Waals surface area (Å²) in [5.41, 5.74) is -2.10. The van der Waals surface area contributed by atoms with Gasteiger partial charge in [-0.3, -0.25) is 14.5 Å². The van der Waals surface area contributed by atoms with Gasteiger partial charge in [-0.15, -0.1) is 0 Å². The van der Waals surface area contributed by atoms with E-state index in [1.165, 1.54) is 11.9 Å². The third-order valence-corrected chi connectivity index (χ3v) is 6.44. The van der Waals surface area contributed by atoms with Crippen LogP contribution in [0.3, 0.4) is 0 Å². The Morgan fingerprint density at radius 3 is 2.27 bits per heavy atom. The Morgan fingerprint density at radius 1 is 1.00 bits per heavy atom. The molecule has 37 heavy (non-hydrogen) atoms. The van der Waals surface area contributed by atoms with Gasteiger partial charge in [-0.05, 0) is 36.2 Å². The molecule has 2 N–H and O–H groups in total. The number of amides is 2. The number of carbonyl (C=O) groups excluding carboxylic acids is 2. The molecule has 1 unspecified atom stereocenters. The molecule has 1 saturated heterocycles. The van der Waals surface area contributed by atoms with Crippen molar-refractivity contribution in [3.63, 3.8) is 0 Å². The SMILES string of the molecule is CNC(=O)CN1CCN(C(=O)c2cc(C(F)(F)F)cc(C(F)(F)F)c2)C(Cc2c[nH]c3ccccc23)C1. The van der Waals surface area contributed by atoms with Gasteiger partial charge in [0.15, 0.2) is 0 Å². The van der Waals surface area contributed by atoms with Gasteiger partial charge < -0.3 is 15.2 Å². The maximum absolute atomic E-state index is 13.4. The van der Waals surface area contributed by atoms with E-state index in [1.54, 1.807) is 11.1 Å². The fraction of sp³-hybridized carbons (Fsp3) is 0.360. The summed E-state index contributed by atoms with van der Waals surface area (Å²) >= 11 is 0. The van der Waals surface area contributed by atoms with E-state index in [4.69, 9.17) is 0 Å². The molecule has 3 aromatic rings. The highest BCUT2D eigenvalue weighted by molar-refractivity contribution is 5.95. The van der Waals surface area contributed by atoms with Gasteiger partial charge in [-0.25, -0.2) is 0 Å². The van der Waals surface area contributed by atoms with Gasteiger partial charge in [-0.2, -0.15) is 26.3 Å². The Kier molecular flexibility index (Phi) is 7.22. The van der Waals surface area contributed by atoms with Crippen molar-refractivity contribution in [3.05, 3.63) is 70.9 Å². The molecule has 2 heterocycles. The molecule has 1 fully saturated rings. The molecular formula is C25H24F6N4O2. The Bertz CT molecular complexity index is 1270. The third kappa shape index (κ3) is 5.90. The van der Waals surface area contributed by atoms with Crippen LogP contribution in [0, 0.1) is 0 Å². The van der Waals surface area contributed by atoms with Gasteiger partial charge in [0, 0.05) is 55.4 Å². The van der Waals surface area contributed by atoms with Crippen LogP contribution in [0.15, 0.2) is 48.7 Å². The number of aromatic amines is 1. The van der Waals surface area contributed by atoms with E-state index in [0.717, 1.165) is 16.5 Å². The number of piperazine rings is 1. The molecule has 0 saturated carbocycles. The summed E-state index contributed by atoms with van der Waals surface area (Å²) < 4.78 is 80.3. The molecule has 1 aliphatic rings. The normalized spacial score (nSPS) is 17.3. The van der Waals surface area contributed by atoms with Crippen LogP contribution in [0.2, 0.25) is 0 Å². The predicted octanol–water partition coefficient (Wildman–Crippen LogP) is 4.32. The van der Waals surface area contributed by atoms with Crippen molar-refractivity contribution in [1.82, 2.24) is 20.1 Å². The van der Waals surface area contributed by atoms with Crippen LogP contribution < -0.4 is 5.32 Å². The molecule has 2 aromatic carbocycles. The largest absolute Gasteiger partial charge is 0.416 e. The third-order valence-electron chi connectivity index (χ3n) is 6.44. The number of H-pyrrole nitrogens is 1. The number of nitrogens with zero attached hydrogens (tertiary/aromatic N) is 2. The fourth-order valence-corrected chi connectivity index (χ4v) is 4.59. The summed E-state index contributed by atoms with van der Waals surface area (Å²) in [6, 6.07) is 7.73. The number of likely N-dealkylation sites (N-methyl/N-ethyl adjacent to an activating group) is 1. The number of aromatic nitrogens is 1. The number of carbonyl (C=O) groups is 2. The van der Waals surface area contributed by atoms with Crippen LogP contribution in [0.4, 0.5) is 26.3 Å². The van der Waals surface area contributed by atoms with Gasteiger partial charge in [0.05, 0.1) is 17.7 Å². The molecule has 0 bridgehead atoms. The van der Waals surface area contributed by atoms with Crippen molar-refractivity contribution < 1.29 is 35.9 Å². The number of hydrogen-bond acceptors (Lipinski definition) is 3. The van der Waals surface area contributed by atoms with Crippen LogP contribution in [0.25, 0.3) is 10.9 Å². The van der Waals surface area contributed by atoms with Gasteiger partial charge in [0.1, 0.15) is 0 Å². The second-order valence-corrected chi connectivity index (χ2v) is 8.92. The highest BCUT2D eigenvalue weighted by Gasteiger charge is 2.39. The second-order valence-electron chi connectivity index (χ2n) is 8.92. The average molecular weight is 526 g/mol. The number of nitrogens with one attached hydrogen (secondary N) is 2. The Morgan fingerprint density at radius 2 is 1.65 bits per heavy atom. The van der Waals surface area contributed by atoms with E-state index in [9.17, 15) is 35.9 Å². The van der Waals surface area contributed by atoms with Gasteiger partial charge in [0.2, 0.25) is 5.91 Å². The first-order valence-electron chi connectivity index (χ1n) is 11.4. The van der Waals surface area contributed by atoms with Crippen LogP contribution in [-0.2, 0) is 23.6 Å². The number of benzene rings is 2. The number of rotatable bonds is 5. The molecule has 0 radical (unpaired) electrons. The van der Waals surface area contributed by atoms with E-state index < -0.39 is 41.0 Å². The number of alkyl halides is 6. The summed E-state index contributed by atoms with van der Waals surface area (Å²) in [7, 11) is 1.48. The zero-order valence-electron chi connectivity index (χ0n) is 19.7. The Labute approximate surface area is 208 Å². The van der Waals surface area contributed by atoms with E-state index in [2.05, 4.69) is 10.3 Å². The van der Waals surface area contributed by atoms with Crippen molar-refractivity contribution in [2.45, 2.75) is 24.8 Å². The molecule has 2 amide bonds. The topological polar surface area (TPSA) is 68.4 Å². The summed E-state index contributed by atoms with van der Waals surface area (Å²) in [6.07, 6.45) is -8.08. The van der Waals surface area contributed by atoms with Crippen molar-refractivity contribution >= 4 is 22.7 Å². The van der Waals surface area contributed by atoms with E-state index in [-0.39, 0.29) is 44.6 Å². The minimum Gasteiger partial charge on any atom is -0.361 e. The minimum absolute atomic E-state index is 0.00149. The molecule has 1 aliphatic heterocycles. The molecule has 6 nitrogen and oxygen atoms in total. The zero-order chi connectivity index (χ0) is 27.0. The highest BCUT2D eigenvalue weighted by atomic mass is 19.4. The summed E-state index contributed by atoms with van der Waals surface area (Å²) in [6.45, 7) is 0.517. The summed E-state index contributed by atoms with van der Waals surface area (Å²) in [5, 5.41) is 3.40. The number of hydrogen-bond donors (Lipinski definition) is 2. The van der Waals surface area contributed by atoms with Crippen molar-refractivity contribution in [2.75, 3.05) is 33.2 Å². The lowest BCUT2D eigenvalue weighted by molar-refractivity contribution is -0.143.